The van der Waals surface area contributed by atoms with E-state index in [1.165, 1.54) is 30.2 Å². The number of nitrogens with one attached hydrogen (secondary N) is 2. The first kappa shape index (κ1) is 19.2. The summed E-state index contributed by atoms with van der Waals surface area (Å²) in [5.41, 5.74) is 1.56. The summed E-state index contributed by atoms with van der Waals surface area (Å²) in [5, 5.41) is 12.1. The van der Waals surface area contributed by atoms with Crippen LogP contribution < -0.4 is 10.0 Å². The van der Waals surface area contributed by atoms with Crippen LogP contribution in [-0.2, 0) is 10.0 Å². The molecular formula is C18H24N2O4S. The zero-order valence-electron chi connectivity index (χ0n) is 14.1. The molecule has 1 aromatic carbocycles. The molecule has 0 aromatic heterocycles. The van der Waals surface area contributed by atoms with Gasteiger partial charge >= 0.3 is 5.97 Å². The van der Waals surface area contributed by atoms with E-state index >= 15 is 0 Å². The second-order valence-electron chi connectivity index (χ2n) is 5.94. The molecule has 3 N–H and O–H groups in total. The highest BCUT2D eigenvalue weighted by atomic mass is 32.2. The molecule has 1 aliphatic carbocycles. The van der Waals surface area contributed by atoms with Crippen LogP contribution in [0.1, 0.15) is 42.5 Å². The minimum absolute atomic E-state index is 0.0631. The third-order valence-electron chi connectivity index (χ3n) is 4.08. The summed E-state index contributed by atoms with van der Waals surface area (Å²) in [6.45, 7) is 4.26. The first-order chi connectivity index (χ1) is 11.9. The van der Waals surface area contributed by atoms with Crippen LogP contribution in [0.2, 0.25) is 0 Å². The Kier molecular flexibility index (Phi) is 6.78. The lowest BCUT2D eigenvalue weighted by atomic mass is 9.97. The number of carboxylic acid groups (broad SMARTS) is 1. The Morgan fingerprint density at radius 1 is 1.32 bits per heavy atom. The average Bonchev–Trinajstić information content (AvgIpc) is 2.60. The molecule has 2 rings (SSSR count). The van der Waals surface area contributed by atoms with Crippen molar-refractivity contribution in [2.24, 2.45) is 0 Å². The van der Waals surface area contributed by atoms with E-state index in [9.17, 15) is 13.2 Å². The van der Waals surface area contributed by atoms with Crippen molar-refractivity contribution in [1.82, 2.24) is 4.72 Å². The Hall–Kier alpha value is -2.12. The summed E-state index contributed by atoms with van der Waals surface area (Å²) < 4.78 is 27.9. The normalized spacial score (nSPS) is 14.6. The molecule has 0 saturated heterocycles. The van der Waals surface area contributed by atoms with Gasteiger partial charge in [-0.2, -0.15) is 0 Å². The van der Waals surface area contributed by atoms with Crippen molar-refractivity contribution < 1.29 is 18.3 Å². The van der Waals surface area contributed by atoms with Crippen molar-refractivity contribution in [2.45, 2.75) is 37.0 Å². The fraction of sp³-hybridized carbons (Fsp3) is 0.389. The maximum Gasteiger partial charge on any atom is 0.335 e. The van der Waals surface area contributed by atoms with E-state index < -0.39 is 16.0 Å². The average molecular weight is 364 g/mol. The van der Waals surface area contributed by atoms with E-state index in [0.29, 0.717) is 25.2 Å². The molecular weight excluding hydrogens is 340 g/mol. The summed E-state index contributed by atoms with van der Waals surface area (Å²) in [7, 11) is -3.82. The molecule has 0 radical (unpaired) electrons. The minimum atomic E-state index is -3.82. The summed E-state index contributed by atoms with van der Waals surface area (Å²) >= 11 is 0. The molecule has 0 atom stereocenters. The molecule has 0 heterocycles. The quantitative estimate of drug-likeness (QED) is 0.585. The van der Waals surface area contributed by atoms with Crippen LogP contribution in [0, 0.1) is 0 Å². The molecule has 136 valence electrons. The lowest BCUT2D eigenvalue weighted by Crippen LogP contribution is -2.26. The Morgan fingerprint density at radius 2 is 2.12 bits per heavy atom. The largest absolute Gasteiger partial charge is 0.478 e. The molecule has 0 fully saturated rings. The first-order valence-corrected chi connectivity index (χ1v) is 9.82. The molecule has 0 amide bonds. The Morgan fingerprint density at radius 3 is 2.76 bits per heavy atom. The van der Waals surface area contributed by atoms with Crippen molar-refractivity contribution in [3.63, 3.8) is 0 Å². The van der Waals surface area contributed by atoms with Crippen molar-refractivity contribution >= 4 is 21.7 Å². The van der Waals surface area contributed by atoms with Crippen LogP contribution in [0.5, 0.6) is 0 Å². The van der Waals surface area contributed by atoms with Gasteiger partial charge in [-0.05, 0) is 50.3 Å². The smallest absolute Gasteiger partial charge is 0.335 e. The highest BCUT2D eigenvalue weighted by Gasteiger charge is 2.20. The van der Waals surface area contributed by atoms with Gasteiger partial charge in [-0.1, -0.05) is 17.7 Å². The Labute approximate surface area is 148 Å². The van der Waals surface area contributed by atoms with E-state index in [4.69, 9.17) is 5.11 Å². The van der Waals surface area contributed by atoms with Crippen molar-refractivity contribution in [2.75, 3.05) is 18.4 Å². The van der Waals surface area contributed by atoms with Gasteiger partial charge in [0.25, 0.3) is 0 Å². The number of rotatable bonds is 9. The van der Waals surface area contributed by atoms with Gasteiger partial charge in [-0.15, -0.1) is 6.58 Å². The molecule has 0 bridgehead atoms. The monoisotopic (exact) mass is 364 g/mol. The molecule has 0 aliphatic heterocycles. The van der Waals surface area contributed by atoms with Crippen LogP contribution in [-0.4, -0.2) is 32.6 Å². The van der Waals surface area contributed by atoms with Crippen molar-refractivity contribution in [3.8, 4) is 0 Å². The Bertz CT molecular complexity index is 769. The first-order valence-electron chi connectivity index (χ1n) is 8.33. The van der Waals surface area contributed by atoms with Crippen LogP contribution in [0.15, 0.2) is 47.4 Å². The predicted octanol–water partition coefficient (Wildman–Crippen LogP) is 3.15. The number of carboxylic acids is 1. The topological polar surface area (TPSA) is 95.5 Å². The molecule has 1 aliphatic rings. The van der Waals surface area contributed by atoms with Gasteiger partial charge in [0.2, 0.25) is 10.0 Å². The second-order valence-corrected chi connectivity index (χ2v) is 7.68. The van der Waals surface area contributed by atoms with Crippen LogP contribution in [0.3, 0.4) is 0 Å². The SMILES string of the molecule is C=CCNc1ccc(C(=O)O)cc1S(=O)(=O)NCCC1=CCCCC1. The van der Waals surface area contributed by atoms with E-state index in [1.807, 2.05) is 0 Å². The third kappa shape index (κ3) is 5.44. The molecule has 0 saturated carbocycles. The van der Waals surface area contributed by atoms with Gasteiger partial charge in [-0.3, -0.25) is 0 Å². The lowest BCUT2D eigenvalue weighted by Gasteiger charge is -2.15. The fourth-order valence-corrected chi connectivity index (χ4v) is 4.00. The fourth-order valence-electron chi connectivity index (χ4n) is 2.76. The van der Waals surface area contributed by atoms with E-state index in [-0.39, 0.29) is 10.5 Å². The number of hydrogen-bond donors (Lipinski definition) is 3. The van der Waals surface area contributed by atoms with Crippen LogP contribution >= 0.6 is 0 Å². The number of benzene rings is 1. The summed E-state index contributed by atoms with van der Waals surface area (Å²) in [6.07, 6.45) is 8.86. The number of hydrogen-bond acceptors (Lipinski definition) is 4. The maximum absolute atomic E-state index is 12.6. The van der Waals surface area contributed by atoms with Crippen LogP contribution in [0.4, 0.5) is 5.69 Å². The second kappa shape index (κ2) is 8.82. The van der Waals surface area contributed by atoms with Gasteiger partial charge in [0.05, 0.1) is 11.3 Å². The zero-order valence-corrected chi connectivity index (χ0v) is 14.9. The molecule has 6 nitrogen and oxygen atoms in total. The molecule has 7 heteroatoms. The van der Waals surface area contributed by atoms with Crippen molar-refractivity contribution in [3.05, 3.63) is 48.1 Å². The zero-order chi connectivity index (χ0) is 18.3. The van der Waals surface area contributed by atoms with Gasteiger partial charge in [0.1, 0.15) is 4.90 Å². The maximum atomic E-state index is 12.6. The predicted molar refractivity (Wildman–Crippen MR) is 98.4 cm³/mol. The van der Waals surface area contributed by atoms with Crippen molar-refractivity contribution in [1.29, 1.82) is 0 Å². The van der Waals surface area contributed by atoms with Gasteiger partial charge < -0.3 is 10.4 Å². The standard InChI is InChI=1S/C18H24N2O4S/c1-2-11-19-16-9-8-15(18(21)22)13-17(16)25(23,24)20-12-10-14-6-4-3-5-7-14/h2,6,8-9,13,19-20H,1,3-5,7,10-12H2,(H,21,22). The number of sulfonamides is 1. The third-order valence-corrected chi connectivity index (χ3v) is 5.58. The van der Waals surface area contributed by atoms with E-state index in [2.05, 4.69) is 22.7 Å². The van der Waals surface area contributed by atoms with Crippen LogP contribution in [0.25, 0.3) is 0 Å². The van der Waals surface area contributed by atoms with E-state index in [0.717, 1.165) is 19.3 Å². The highest BCUT2D eigenvalue weighted by molar-refractivity contribution is 7.89. The summed E-state index contributed by atoms with van der Waals surface area (Å²) in [6, 6.07) is 4.01. The van der Waals surface area contributed by atoms with Gasteiger partial charge in [0.15, 0.2) is 0 Å². The summed E-state index contributed by atoms with van der Waals surface area (Å²) in [5.74, 6) is -1.17. The molecule has 0 spiro atoms. The molecule has 0 unspecified atom stereocenters. The number of carbonyl (C=O) groups is 1. The highest BCUT2D eigenvalue weighted by Crippen LogP contribution is 2.24. The number of anilines is 1. The van der Waals surface area contributed by atoms with E-state index in [1.54, 1.807) is 6.08 Å². The minimum Gasteiger partial charge on any atom is -0.478 e. The molecule has 1 aromatic rings. The molecule has 25 heavy (non-hydrogen) atoms. The lowest BCUT2D eigenvalue weighted by molar-refractivity contribution is 0.0696. The summed E-state index contributed by atoms with van der Waals surface area (Å²) in [4.78, 5) is 11.1. The Balaban J connectivity index is 2.16. The van der Waals surface area contributed by atoms with Gasteiger partial charge in [-0.25, -0.2) is 17.9 Å². The number of allylic oxidation sites excluding steroid dienone is 1. The van der Waals surface area contributed by atoms with Gasteiger partial charge in [0, 0.05) is 13.1 Å². The number of aromatic carboxylic acids is 1.